The summed E-state index contributed by atoms with van der Waals surface area (Å²) in [6.45, 7) is 2.38. The van der Waals surface area contributed by atoms with Crippen molar-refractivity contribution in [3.63, 3.8) is 0 Å². The molecule has 0 spiro atoms. The molecule has 2 aromatic rings. The van der Waals surface area contributed by atoms with Crippen LogP contribution >= 0.6 is 11.3 Å². The van der Waals surface area contributed by atoms with E-state index in [1.165, 1.54) is 0 Å². The van der Waals surface area contributed by atoms with Crippen LogP contribution in [0.1, 0.15) is 16.4 Å². The normalized spacial score (nSPS) is 11.6. The Hall–Kier alpha value is -1.63. The number of rotatable bonds is 4. The molecule has 0 unspecified atom stereocenters. The van der Waals surface area contributed by atoms with Gasteiger partial charge in [0.2, 0.25) is 0 Å². The number of alkyl halides is 3. The fourth-order valence-electron chi connectivity index (χ4n) is 1.49. The van der Waals surface area contributed by atoms with Gasteiger partial charge in [-0.1, -0.05) is 6.07 Å². The van der Waals surface area contributed by atoms with E-state index < -0.39 is 11.9 Å². The molecule has 0 radical (unpaired) electrons. The summed E-state index contributed by atoms with van der Waals surface area (Å²) in [4.78, 5) is 7.80. The van der Waals surface area contributed by atoms with E-state index in [1.54, 1.807) is 0 Å². The van der Waals surface area contributed by atoms with Gasteiger partial charge in [-0.15, -0.1) is 11.3 Å². The van der Waals surface area contributed by atoms with E-state index in [-0.39, 0.29) is 0 Å². The van der Waals surface area contributed by atoms with Gasteiger partial charge in [0.05, 0.1) is 5.01 Å². The average Bonchev–Trinajstić information content (AvgIpc) is 2.77. The van der Waals surface area contributed by atoms with E-state index in [0.717, 1.165) is 22.4 Å². The quantitative estimate of drug-likeness (QED) is 0.935. The highest BCUT2D eigenvalue weighted by Gasteiger charge is 2.33. The van der Waals surface area contributed by atoms with Gasteiger partial charge in [0, 0.05) is 24.0 Å². The van der Waals surface area contributed by atoms with E-state index in [1.807, 2.05) is 25.1 Å². The molecule has 1 N–H and O–H groups in total. The van der Waals surface area contributed by atoms with Crippen molar-refractivity contribution in [1.82, 2.24) is 9.97 Å². The molecule has 0 amide bonds. The topological polar surface area (TPSA) is 37.8 Å². The lowest BCUT2D eigenvalue weighted by Gasteiger charge is -2.04. The molecule has 0 saturated carbocycles. The molecule has 19 heavy (non-hydrogen) atoms. The van der Waals surface area contributed by atoms with Crippen molar-refractivity contribution in [3.8, 4) is 0 Å². The Morgan fingerprint density at radius 3 is 2.68 bits per heavy atom. The van der Waals surface area contributed by atoms with Gasteiger partial charge in [-0.05, 0) is 19.1 Å². The number of nitrogens with zero attached hydrogens (tertiary/aromatic N) is 2. The zero-order chi connectivity index (χ0) is 13.9. The van der Waals surface area contributed by atoms with Crippen molar-refractivity contribution >= 4 is 17.2 Å². The highest BCUT2D eigenvalue weighted by atomic mass is 32.1. The summed E-state index contributed by atoms with van der Waals surface area (Å²) in [7, 11) is 0. The van der Waals surface area contributed by atoms with Crippen molar-refractivity contribution in [1.29, 1.82) is 0 Å². The summed E-state index contributed by atoms with van der Waals surface area (Å²) in [5, 5.41) is 4.56. The minimum absolute atomic E-state index is 0.441. The standard InChI is InChI=1S/C12H12F3N3S/c1-8-3-2-4-10(17-8)16-6-5-11-18-9(7-19-11)12(13,14)15/h2-4,7H,5-6H2,1H3,(H,16,17). The Kier molecular flexibility index (Phi) is 4.04. The van der Waals surface area contributed by atoms with Gasteiger partial charge in [-0.25, -0.2) is 9.97 Å². The van der Waals surface area contributed by atoms with Crippen molar-refractivity contribution in [3.05, 3.63) is 40.0 Å². The van der Waals surface area contributed by atoms with Crippen LogP contribution in [0.5, 0.6) is 0 Å². The van der Waals surface area contributed by atoms with Crippen LogP contribution in [0, 0.1) is 6.92 Å². The van der Waals surface area contributed by atoms with Gasteiger partial charge < -0.3 is 5.32 Å². The summed E-state index contributed by atoms with van der Waals surface area (Å²) < 4.78 is 37.1. The molecule has 0 aliphatic carbocycles. The van der Waals surface area contributed by atoms with Crippen molar-refractivity contribution in [2.75, 3.05) is 11.9 Å². The third-order valence-electron chi connectivity index (χ3n) is 2.38. The second-order valence-corrected chi connectivity index (χ2v) is 4.91. The Balaban J connectivity index is 1.88. The second kappa shape index (κ2) is 5.56. The molecule has 2 rings (SSSR count). The maximum Gasteiger partial charge on any atom is 0.434 e. The average molecular weight is 287 g/mol. The lowest BCUT2D eigenvalue weighted by atomic mass is 10.3. The van der Waals surface area contributed by atoms with Crippen molar-refractivity contribution in [2.24, 2.45) is 0 Å². The third-order valence-corrected chi connectivity index (χ3v) is 3.28. The predicted molar refractivity (Wildman–Crippen MR) is 68.3 cm³/mol. The van der Waals surface area contributed by atoms with Gasteiger partial charge in [-0.2, -0.15) is 13.2 Å². The first kappa shape index (κ1) is 13.8. The molecule has 0 atom stereocenters. The first-order valence-corrected chi connectivity index (χ1v) is 6.52. The summed E-state index contributed by atoms with van der Waals surface area (Å²) in [5.41, 5.74) is 0.0692. The van der Waals surface area contributed by atoms with Crippen LogP contribution in [0.2, 0.25) is 0 Å². The third kappa shape index (κ3) is 3.92. The Bertz CT molecular complexity index is 551. The highest BCUT2D eigenvalue weighted by molar-refractivity contribution is 7.09. The number of hydrogen-bond acceptors (Lipinski definition) is 4. The van der Waals surface area contributed by atoms with Gasteiger partial charge in [0.15, 0.2) is 5.69 Å². The summed E-state index contributed by atoms with van der Waals surface area (Å²) in [6.07, 6.45) is -3.92. The summed E-state index contributed by atoms with van der Waals surface area (Å²) in [5.74, 6) is 0.715. The Morgan fingerprint density at radius 2 is 2.05 bits per heavy atom. The monoisotopic (exact) mass is 287 g/mol. The van der Waals surface area contributed by atoms with Crippen LogP contribution in [-0.4, -0.2) is 16.5 Å². The molecular formula is C12H12F3N3S. The molecule has 2 heterocycles. The van der Waals surface area contributed by atoms with Crippen LogP contribution in [0.15, 0.2) is 23.6 Å². The van der Waals surface area contributed by atoms with E-state index in [4.69, 9.17) is 0 Å². The number of anilines is 1. The van der Waals surface area contributed by atoms with E-state index in [0.29, 0.717) is 23.8 Å². The lowest BCUT2D eigenvalue weighted by molar-refractivity contribution is -0.140. The highest BCUT2D eigenvalue weighted by Crippen LogP contribution is 2.30. The lowest BCUT2D eigenvalue weighted by Crippen LogP contribution is -2.08. The fraction of sp³-hybridized carbons (Fsp3) is 0.333. The minimum atomic E-state index is -4.36. The maximum absolute atomic E-state index is 12.4. The maximum atomic E-state index is 12.4. The van der Waals surface area contributed by atoms with Crippen LogP contribution in [0.4, 0.5) is 19.0 Å². The zero-order valence-electron chi connectivity index (χ0n) is 10.2. The first-order chi connectivity index (χ1) is 8.95. The molecule has 0 aliphatic rings. The number of hydrogen-bond donors (Lipinski definition) is 1. The molecule has 2 aromatic heterocycles. The number of nitrogens with one attached hydrogen (secondary N) is 1. The number of aryl methyl sites for hydroxylation is 1. The molecule has 0 aliphatic heterocycles. The van der Waals surface area contributed by atoms with Gasteiger partial charge >= 0.3 is 6.18 Å². The molecule has 0 saturated heterocycles. The van der Waals surface area contributed by atoms with Crippen molar-refractivity contribution < 1.29 is 13.2 Å². The van der Waals surface area contributed by atoms with E-state index in [2.05, 4.69) is 15.3 Å². The molecule has 3 nitrogen and oxygen atoms in total. The van der Waals surface area contributed by atoms with Gasteiger partial charge in [0.25, 0.3) is 0 Å². The SMILES string of the molecule is Cc1cccc(NCCc2nc(C(F)(F)F)cs2)n1. The molecular weight excluding hydrogens is 275 g/mol. The molecule has 102 valence electrons. The minimum Gasteiger partial charge on any atom is -0.370 e. The zero-order valence-corrected chi connectivity index (χ0v) is 11.0. The molecule has 7 heteroatoms. The molecule has 0 bridgehead atoms. The van der Waals surface area contributed by atoms with E-state index >= 15 is 0 Å². The van der Waals surface area contributed by atoms with Crippen LogP contribution < -0.4 is 5.32 Å². The number of thiazole rings is 1. The number of pyridine rings is 1. The Morgan fingerprint density at radius 1 is 1.26 bits per heavy atom. The fourth-order valence-corrected chi connectivity index (χ4v) is 2.30. The first-order valence-electron chi connectivity index (χ1n) is 5.64. The smallest absolute Gasteiger partial charge is 0.370 e. The van der Waals surface area contributed by atoms with Crippen molar-refractivity contribution in [2.45, 2.75) is 19.5 Å². The van der Waals surface area contributed by atoms with Gasteiger partial charge in [-0.3, -0.25) is 0 Å². The molecule has 0 fully saturated rings. The summed E-state index contributed by atoms with van der Waals surface area (Å²) >= 11 is 1.02. The van der Waals surface area contributed by atoms with Crippen LogP contribution in [0.25, 0.3) is 0 Å². The number of aromatic nitrogens is 2. The summed E-state index contributed by atoms with van der Waals surface area (Å²) in [6, 6.07) is 5.56. The van der Waals surface area contributed by atoms with Crippen LogP contribution in [0.3, 0.4) is 0 Å². The Labute approximate surface area is 112 Å². The second-order valence-electron chi connectivity index (χ2n) is 3.97. The van der Waals surface area contributed by atoms with Gasteiger partial charge in [0.1, 0.15) is 5.82 Å². The van der Waals surface area contributed by atoms with E-state index in [9.17, 15) is 13.2 Å². The number of halogens is 3. The molecule has 0 aromatic carbocycles. The predicted octanol–water partition coefficient (Wildman–Crippen LogP) is 3.52. The van der Waals surface area contributed by atoms with Crippen LogP contribution in [-0.2, 0) is 12.6 Å². The largest absolute Gasteiger partial charge is 0.434 e.